The van der Waals surface area contributed by atoms with Gasteiger partial charge in [0.2, 0.25) is 11.9 Å². The molecule has 0 spiro atoms. The van der Waals surface area contributed by atoms with Gasteiger partial charge in [-0.25, -0.2) is 9.67 Å². The molecule has 1 amide bonds. The van der Waals surface area contributed by atoms with E-state index in [2.05, 4.69) is 36.4 Å². The number of nitrogens with one attached hydrogen (secondary N) is 1. The molecule has 0 aliphatic heterocycles. The highest BCUT2D eigenvalue weighted by molar-refractivity contribution is 9.10. The maximum Gasteiger partial charge on any atom is 0.436 e. The van der Waals surface area contributed by atoms with Crippen molar-refractivity contribution in [1.29, 1.82) is 0 Å². The topological polar surface area (TPSA) is 77.6 Å². The lowest BCUT2D eigenvalue weighted by molar-refractivity contribution is -0.142. The monoisotopic (exact) mass is 482 g/mol. The molecule has 2 heterocycles. The van der Waals surface area contributed by atoms with Gasteiger partial charge in [0.1, 0.15) is 12.9 Å². The van der Waals surface area contributed by atoms with Gasteiger partial charge in [0.15, 0.2) is 5.69 Å². The third-order valence-corrected chi connectivity index (χ3v) is 5.45. The number of halogens is 4. The number of carbonyl (C=O) groups is 1. The first kappa shape index (κ1) is 20.6. The van der Waals surface area contributed by atoms with Crippen molar-refractivity contribution < 1.29 is 18.0 Å². The summed E-state index contributed by atoms with van der Waals surface area (Å²) in [6.07, 6.45) is -1.57. The van der Waals surface area contributed by atoms with Crippen molar-refractivity contribution in [3.05, 3.63) is 57.6 Å². The minimum Gasteiger partial charge on any atom is -0.292 e. The van der Waals surface area contributed by atoms with Gasteiger partial charge in [-0.3, -0.25) is 14.8 Å². The van der Waals surface area contributed by atoms with Crippen molar-refractivity contribution in [2.75, 3.05) is 5.32 Å². The van der Waals surface area contributed by atoms with Crippen LogP contribution in [-0.4, -0.2) is 30.5 Å². The van der Waals surface area contributed by atoms with Crippen molar-refractivity contribution >= 4 is 27.8 Å². The molecule has 0 radical (unpaired) electrons. The summed E-state index contributed by atoms with van der Waals surface area (Å²) in [7, 11) is 0. The van der Waals surface area contributed by atoms with Crippen LogP contribution in [0.2, 0.25) is 0 Å². The van der Waals surface area contributed by atoms with Gasteiger partial charge in [0.25, 0.3) is 0 Å². The zero-order chi connectivity index (χ0) is 21.5. The number of amides is 1. The number of carbonyl (C=O) groups excluding carboxylic acids is 1. The Hall–Kier alpha value is -2.69. The van der Waals surface area contributed by atoms with E-state index in [4.69, 9.17) is 0 Å². The third-order valence-electron chi connectivity index (χ3n) is 4.67. The zero-order valence-corrected chi connectivity index (χ0v) is 17.5. The second kappa shape index (κ2) is 7.86. The Kier molecular flexibility index (Phi) is 5.39. The summed E-state index contributed by atoms with van der Waals surface area (Å²) >= 11 is 3.01. The molecule has 2 aromatic heterocycles. The molecule has 0 unspecified atom stereocenters. The van der Waals surface area contributed by atoms with Crippen LogP contribution >= 0.6 is 15.9 Å². The average Bonchev–Trinajstić information content (AvgIpc) is 3.30. The van der Waals surface area contributed by atoms with Crippen LogP contribution in [-0.2, 0) is 24.1 Å². The highest BCUT2D eigenvalue weighted by Crippen LogP contribution is 2.46. The van der Waals surface area contributed by atoms with Crippen LogP contribution in [0.25, 0.3) is 0 Å². The van der Waals surface area contributed by atoms with Crippen molar-refractivity contribution in [3.63, 3.8) is 0 Å². The quantitative estimate of drug-likeness (QED) is 0.572. The number of benzene rings is 1. The minimum absolute atomic E-state index is 0.0255. The molecule has 3 aromatic rings. The van der Waals surface area contributed by atoms with Gasteiger partial charge in [-0.05, 0) is 41.3 Å². The minimum atomic E-state index is -4.60. The van der Waals surface area contributed by atoms with E-state index in [1.165, 1.54) is 6.33 Å². The molecule has 4 rings (SSSR count). The average molecular weight is 483 g/mol. The lowest BCUT2D eigenvalue weighted by Gasteiger charge is -2.06. The number of aryl methyl sites for hydroxylation is 1. The molecule has 0 bridgehead atoms. The Morgan fingerprint density at radius 3 is 2.73 bits per heavy atom. The number of alkyl halides is 3. The van der Waals surface area contributed by atoms with E-state index in [0.29, 0.717) is 12.2 Å². The molecule has 1 aromatic carbocycles. The highest BCUT2D eigenvalue weighted by atomic mass is 79.9. The van der Waals surface area contributed by atoms with Crippen LogP contribution in [0.15, 0.2) is 35.1 Å². The van der Waals surface area contributed by atoms with E-state index >= 15 is 0 Å². The number of hydrogen-bond donors (Lipinski definition) is 1. The van der Waals surface area contributed by atoms with Crippen molar-refractivity contribution in [1.82, 2.24) is 24.5 Å². The van der Waals surface area contributed by atoms with Crippen molar-refractivity contribution in [2.24, 2.45) is 0 Å². The maximum atomic E-state index is 13.2. The van der Waals surface area contributed by atoms with Gasteiger partial charge in [-0.1, -0.05) is 29.8 Å². The number of hydrogen-bond acceptors (Lipinski definition) is 4. The van der Waals surface area contributed by atoms with Crippen LogP contribution in [0, 0.1) is 6.92 Å². The molecule has 1 saturated carbocycles. The standard InChI is InChI=1S/C19H18BrF3N6O/c1-11-3-2-4-12(7-11)8-28-10-24-18(27-28)25-14(30)9-29-16(13-5-6-13)15(20)17(26-29)19(21,22)23/h2-4,7,10,13H,5-6,8-9H2,1H3,(H,25,27,30). The SMILES string of the molecule is Cc1cccc(Cn2cnc(NC(=O)Cn3nc(C(F)(F)F)c(Br)c3C3CC3)n2)c1. The van der Waals surface area contributed by atoms with E-state index in [-0.39, 0.29) is 22.9 Å². The molecule has 1 aliphatic carbocycles. The molecular formula is C19H18BrF3N6O. The third kappa shape index (κ3) is 4.55. The van der Waals surface area contributed by atoms with Crippen LogP contribution in [0.3, 0.4) is 0 Å². The summed E-state index contributed by atoms with van der Waals surface area (Å²) in [6, 6.07) is 7.91. The molecule has 158 valence electrons. The van der Waals surface area contributed by atoms with E-state index in [0.717, 1.165) is 28.7 Å². The van der Waals surface area contributed by atoms with E-state index < -0.39 is 17.8 Å². The molecule has 30 heavy (non-hydrogen) atoms. The Labute approximate surface area is 178 Å². The molecule has 0 atom stereocenters. The second-order valence-electron chi connectivity index (χ2n) is 7.28. The molecule has 7 nitrogen and oxygen atoms in total. The fourth-order valence-corrected chi connectivity index (χ4v) is 4.06. The summed E-state index contributed by atoms with van der Waals surface area (Å²) in [4.78, 5) is 16.5. The first-order chi connectivity index (χ1) is 14.2. The normalized spacial score (nSPS) is 14.2. The van der Waals surface area contributed by atoms with Gasteiger partial charge in [0, 0.05) is 5.92 Å². The van der Waals surface area contributed by atoms with Gasteiger partial charge in [0.05, 0.1) is 16.7 Å². The van der Waals surface area contributed by atoms with E-state index in [1.54, 1.807) is 4.68 Å². The fraction of sp³-hybridized carbons (Fsp3) is 0.368. The van der Waals surface area contributed by atoms with Gasteiger partial charge >= 0.3 is 6.18 Å². The number of rotatable bonds is 6. The summed E-state index contributed by atoms with van der Waals surface area (Å²) < 4.78 is 42.2. The van der Waals surface area contributed by atoms with Crippen LogP contribution < -0.4 is 5.32 Å². The molecular weight excluding hydrogens is 465 g/mol. The Morgan fingerprint density at radius 2 is 2.07 bits per heavy atom. The van der Waals surface area contributed by atoms with Gasteiger partial charge in [-0.15, -0.1) is 5.10 Å². The first-order valence-electron chi connectivity index (χ1n) is 9.29. The summed E-state index contributed by atoms with van der Waals surface area (Å²) in [5.74, 6) is -0.487. The van der Waals surface area contributed by atoms with Crippen molar-refractivity contribution in [3.8, 4) is 0 Å². The molecule has 11 heteroatoms. The Morgan fingerprint density at radius 1 is 1.30 bits per heavy atom. The van der Waals surface area contributed by atoms with Crippen molar-refractivity contribution in [2.45, 2.75) is 44.9 Å². The highest BCUT2D eigenvalue weighted by Gasteiger charge is 2.42. The molecule has 1 fully saturated rings. The molecule has 1 N–H and O–H groups in total. The number of nitrogens with zero attached hydrogens (tertiary/aromatic N) is 5. The van der Waals surface area contributed by atoms with E-state index in [1.807, 2.05) is 31.2 Å². The van der Waals surface area contributed by atoms with Gasteiger partial charge in [-0.2, -0.15) is 18.3 Å². The lowest BCUT2D eigenvalue weighted by Crippen LogP contribution is -2.22. The second-order valence-corrected chi connectivity index (χ2v) is 8.07. The van der Waals surface area contributed by atoms with Crippen LogP contribution in [0.5, 0.6) is 0 Å². The Bertz CT molecular complexity index is 1090. The first-order valence-corrected chi connectivity index (χ1v) is 10.1. The number of anilines is 1. The Balaban J connectivity index is 1.45. The van der Waals surface area contributed by atoms with Crippen LogP contribution in [0.4, 0.5) is 19.1 Å². The predicted octanol–water partition coefficient (Wildman–Crippen LogP) is 4.13. The zero-order valence-electron chi connectivity index (χ0n) is 15.9. The summed E-state index contributed by atoms with van der Waals surface area (Å²) in [6.45, 7) is 2.12. The smallest absolute Gasteiger partial charge is 0.292 e. The maximum absolute atomic E-state index is 13.2. The molecule has 1 aliphatic rings. The van der Waals surface area contributed by atoms with Crippen LogP contribution in [0.1, 0.15) is 41.3 Å². The van der Waals surface area contributed by atoms with Gasteiger partial charge < -0.3 is 0 Å². The predicted molar refractivity (Wildman–Crippen MR) is 106 cm³/mol. The summed E-state index contributed by atoms with van der Waals surface area (Å²) in [5, 5.41) is 10.4. The fourth-order valence-electron chi connectivity index (χ4n) is 3.23. The van der Waals surface area contributed by atoms with E-state index in [9.17, 15) is 18.0 Å². The largest absolute Gasteiger partial charge is 0.436 e. The number of aromatic nitrogens is 5. The molecule has 0 saturated heterocycles. The summed E-state index contributed by atoms with van der Waals surface area (Å²) in [5.41, 5.74) is 1.54. The lowest BCUT2D eigenvalue weighted by atomic mass is 10.1.